The van der Waals surface area contributed by atoms with Gasteiger partial charge in [-0.2, -0.15) is 11.8 Å². The number of hydrazine groups is 1. The van der Waals surface area contributed by atoms with Gasteiger partial charge in [0.15, 0.2) is 0 Å². The molecule has 4 N–H and O–H groups in total. The van der Waals surface area contributed by atoms with Gasteiger partial charge in [0.2, 0.25) is 11.8 Å². The molecule has 6 nitrogen and oxygen atoms in total. The Balaban J connectivity index is 2.23. The molecule has 19 heavy (non-hydrogen) atoms. The highest BCUT2D eigenvalue weighted by Crippen LogP contribution is 2.18. The minimum Gasteiger partial charge on any atom is -0.396 e. The number of carbonyl (C=O) groups excluding carboxylic acids is 2. The smallest absolute Gasteiger partial charge is 0.237 e. The molecule has 110 valence electrons. The van der Waals surface area contributed by atoms with Gasteiger partial charge in [-0.15, -0.1) is 0 Å². The summed E-state index contributed by atoms with van der Waals surface area (Å²) >= 11 is 1.55. The van der Waals surface area contributed by atoms with E-state index in [1.54, 1.807) is 16.7 Å². The molecule has 7 heteroatoms. The number of piperidine rings is 1. The Morgan fingerprint density at radius 1 is 1.47 bits per heavy atom. The summed E-state index contributed by atoms with van der Waals surface area (Å²) in [5.74, 6) is 6.45. The molecule has 0 aromatic heterocycles. The van der Waals surface area contributed by atoms with E-state index in [9.17, 15) is 9.59 Å². The average Bonchev–Trinajstić information content (AvgIpc) is 2.46. The molecular formula is C12H23N3O3S. The van der Waals surface area contributed by atoms with Gasteiger partial charge in [-0.25, -0.2) is 5.84 Å². The molecule has 1 heterocycles. The van der Waals surface area contributed by atoms with Crippen molar-refractivity contribution in [3.8, 4) is 0 Å². The monoisotopic (exact) mass is 289 g/mol. The normalized spacial score (nSPS) is 18.2. The zero-order chi connectivity index (χ0) is 14.3. The third-order valence-electron chi connectivity index (χ3n) is 3.30. The van der Waals surface area contributed by atoms with Gasteiger partial charge in [0, 0.05) is 25.6 Å². The Morgan fingerprint density at radius 2 is 2.11 bits per heavy atom. The summed E-state index contributed by atoms with van der Waals surface area (Å²) in [5, 5.41) is 8.90. The second kappa shape index (κ2) is 8.39. The largest absolute Gasteiger partial charge is 0.396 e. The van der Waals surface area contributed by atoms with Crippen LogP contribution in [0.25, 0.3) is 0 Å². The van der Waals surface area contributed by atoms with E-state index < -0.39 is 0 Å². The third kappa shape index (κ3) is 5.38. The zero-order valence-electron chi connectivity index (χ0n) is 11.3. The van der Waals surface area contributed by atoms with Crippen LogP contribution in [0.4, 0.5) is 0 Å². The molecule has 0 saturated carbocycles. The van der Waals surface area contributed by atoms with E-state index in [2.05, 4.69) is 5.43 Å². The van der Waals surface area contributed by atoms with Crippen molar-refractivity contribution in [2.24, 2.45) is 17.7 Å². The van der Waals surface area contributed by atoms with Gasteiger partial charge >= 0.3 is 0 Å². The first-order chi connectivity index (χ1) is 9.08. The lowest BCUT2D eigenvalue weighted by molar-refractivity contribution is -0.133. The van der Waals surface area contributed by atoms with Crippen LogP contribution in [0.15, 0.2) is 0 Å². The van der Waals surface area contributed by atoms with Crippen molar-refractivity contribution in [2.45, 2.75) is 19.8 Å². The van der Waals surface area contributed by atoms with Gasteiger partial charge in [-0.3, -0.25) is 15.0 Å². The number of carbonyl (C=O) groups is 2. The number of likely N-dealkylation sites (tertiary alicyclic amines) is 1. The maximum atomic E-state index is 11.9. The number of nitrogens with two attached hydrogens (primary N) is 1. The van der Waals surface area contributed by atoms with Crippen molar-refractivity contribution in [1.82, 2.24) is 10.3 Å². The molecule has 0 aromatic carbocycles. The molecule has 0 spiro atoms. The minimum atomic E-state index is -0.141. The molecular weight excluding hydrogens is 266 g/mol. The second-order valence-electron chi connectivity index (χ2n) is 4.97. The fraction of sp³-hybridized carbons (Fsp3) is 0.833. The van der Waals surface area contributed by atoms with Crippen LogP contribution in [-0.4, -0.2) is 53.0 Å². The summed E-state index contributed by atoms with van der Waals surface area (Å²) in [6.45, 7) is 3.34. The highest BCUT2D eigenvalue weighted by atomic mass is 32.2. The van der Waals surface area contributed by atoms with E-state index >= 15 is 0 Å². The van der Waals surface area contributed by atoms with Crippen LogP contribution in [0.1, 0.15) is 19.8 Å². The van der Waals surface area contributed by atoms with Gasteiger partial charge in [0.1, 0.15) is 0 Å². The Morgan fingerprint density at radius 3 is 2.63 bits per heavy atom. The second-order valence-corrected chi connectivity index (χ2v) is 6.00. The number of hydrogen-bond donors (Lipinski definition) is 3. The first-order valence-electron chi connectivity index (χ1n) is 6.55. The highest BCUT2D eigenvalue weighted by molar-refractivity contribution is 7.99. The molecule has 0 aliphatic carbocycles. The summed E-state index contributed by atoms with van der Waals surface area (Å²) in [6.07, 6.45) is 1.35. The lowest BCUT2D eigenvalue weighted by Gasteiger charge is -2.31. The summed E-state index contributed by atoms with van der Waals surface area (Å²) in [5.41, 5.74) is 2.16. The average molecular weight is 289 g/mol. The summed E-state index contributed by atoms with van der Waals surface area (Å²) in [4.78, 5) is 25.1. The number of hydrogen-bond acceptors (Lipinski definition) is 5. The predicted molar refractivity (Wildman–Crippen MR) is 75.2 cm³/mol. The van der Waals surface area contributed by atoms with Crippen molar-refractivity contribution < 1.29 is 14.7 Å². The molecule has 0 bridgehead atoms. The summed E-state index contributed by atoms with van der Waals surface area (Å²) in [7, 11) is 0. The molecule has 1 aliphatic rings. The molecule has 1 atom stereocenters. The summed E-state index contributed by atoms with van der Waals surface area (Å²) < 4.78 is 0. The number of nitrogens with zero attached hydrogens (tertiary/aromatic N) is 1. The Hall–Kier alpha value is -0.790. The molecule has 0 aromatic rings. The third-order valence-corrected chi connectivity index (χ3v) is 4.56. The van der Waals surface area contributed by atoms with Crippen LogP contribution < -0.4 is 11.3 Å². The van der Waals surface area contributed by atoms with Gasteiger partial charge in [-0.1, -0.05) is 6.92 Å². The van der Waals surface area contributed by atoms with E-state index in [0.29, 0.717) is 31.7 Å². The van der Waals surface area contributed by atoms with Crippen molar-refractivity contribution in [3.63, 3.8) is 0 Å². The number of rotatable bonds is 6. The number of amides is 2. The molecule has 2 amide bonds. The topological polar surface area (TPSA) is 95.7 Å². The van der Waals surface area contributed by atoms with Crippen LogP contribution >= 0.6 is 11.8 Å². The van der Waals surface area contributed by atoms with Crippen LogP contribution in [0.3, 0.4) is 0 Å². The standard InChI is InChI=1S/C12H23N3O3S/c1-9(6-16)7-19-8-11(17)15-4-2-10(3-5-15)12(18)14-13/h9-10,16H,2-8,13H2,1H3,(H,14,18). The van der Waals surface area contributed by atoms with Crippen LogP contribution in [0.2, 0.25) is 0 Å². The number of thioether (sulfide) groups is 1. The summed E-state index contributed by atoms with van der Waals surface area (Å²) in [6, 6.07) is 0. The Kier molecular flexibility index (Phi) is 7.19. The Bertz CT molecular complexity index is 307. The van der Waals surface area contributed by atoms with Gasteiger partial charge in [0.25, 0.3) is 0 Å². The maximum Gasteiger partial charge on any atom is 0.237 e. The number of nitrogens with one attached hydrogen (secondary N) is 1. The van der Waals surface area contributed by atoms with E-state index in [4.69, 9.17) is 10.9 Å². The van der Waals surface area contributed by atoms with Gasteiger partial charge in [-0.05, 0) is 24.5 Å². The van der Waals surface area contributed by atoms with E-state index in [0.717, 1.165) is 5.75 Å². The van der Waals surface area contributed by atoms with Crippen LogP contribution in [0.5, 0.6) is 0 Å². The molecule has 1 rings (SSSR count). The lowest BCUT2D eigenvalue weighted by atomic mass is 9.96. The van der Waals surface area contributed by atoms with E-state index in [1.165, 1.54) is 0 Å². The van der Waals surface area contributed by atoms with Crippen LogP contribution in [0, 0.1) is 11.8 Å². The fourth-order valence-corrected chi connectivity index (χ4v) is 2.98. The molecule has 0 radical (unpaired) electrons. The first-order valence-corrected chi connectivity index (χ1v) is 7.70. The number of aliphatic hydroxyl groups is 1. The minimum absolute atomic E-state index is 0.0730. The molecule has 1 aliphatic heterocycles. The van der Waals surface area contributed by atoms with E-state index in [1.807, 2.05) is 6.92 Å². The van der Waals surface area contributed by atoms with E-state index in [-0.39, 0.29) is 30.3 Å². The van der Waals surface area contributed by atoms with Crippen molar-refractivity contribution in [2.75, 3.05) is 31.2 Å². The van der Waals surface area contributed by atoms with Crippen molar-refractivity contribution in [3.05, 3.63) is 0 Å². The van der Waals surface area contributed by atoms with Crippen molar-refractivity contribution in [1.29, 1.82) is 0 Å². The fourth-order valence-electron chi connectivity index (χ4n) is 2.00. The Labute approximate surface area is 118 Å². The van der Waals surface area contributed by atoms with Crippen molar-refractivity contribution >= 4 is 23.6 Å². The highest BCUT2D eigenvalue weighted by Gasteiger charge is 2.26. The molecule has 1 saturated heterocycles. The zero-order valence-corrected chi connectivity index (χ0v) is 12.1. The van der Waals surface area contributed by atoms with Gasteiger partial charge < -0.3 is 10.0 Å². The molecule has 1 unspecified atom stereocenters. The number of aliphatic hydroxyl groups excluding tert-OH is 1. The maximum absolute atomic E-state index is 11.9. The van der Waals surface area contributed by atoms with Gasteiger partial charge in [0.05, 0.1) is 5.75 Å². The predicted octanol–water partition coefficient (Wildman–Crippen LogP) is -0.423. The first kappa shape index (κ1) is 16.3. The van der Waals surface area contributed by atoms with Crippen LogP contribution in [-0.2, 0) is 9.59 Å². The lowest BCUT2D eigenvalue weighted by Crippen LogP contribution is -2.45. The SMILES string of the molecule is CC(CO)CSCC(=O)N1CCC(C(=O)NN)CC1. The molecule has 1 fully saturated rings. The quantitative estimate of drug-likeness (QED) is 0.350.